The number of aryl methyl sites for hydroxylation is 1. The highest BCUT2D eigenvalue weighted by molar-refractivity contribution is 5.84. The molecule has 0 saturated heterocycles. The molecule has 1 atom stereocenters. The molecule has 1 aliphatic rings. The molecular formula is C24H19F3N4. The molecule has 2 heterocycles. The summed E-state index contributed by atoms with van der Waals surface area (Å²) in [6, 6.07) is 21.8. The zero-order valence-electron chi connectivity index (χ0n) is 16.4. The van der Waals surface area contributed by atoms with E-state index in [0.717, 1.165) is 35.6 Å². The molecule has 4 aromatic rings. The molecule has 2 aromatic carbocycles. The van der Waals surface area contributed by atoms with Gasteiger partial charge in [-0.15, -0.1) is 0 Å². The second kappa shape index (κ2) is 7.58. The van der Waals surface area contributed by atoms with Gasteiger partial charge >= 0.3 is 6.18 Å². The van der Waals surface area contributed by atoms with E-state index in [1.54, 1.807) is 6.07 Å². The van der Waals surface area contributed by atoms with Gasteiger partial charge in [-0.25, -0.2) is 9.97 Å². The van der Waals surface area contributed by atoms with Crippen molar-refractivity contribution >= 4 is 28.2 Å². The quantitative estimate of drug-likeness (QED) is 0.396. The van der Waals surface area contributed by atoms with Crippen LogP contribution < -0.4 is 10.6 Å². The van der Waals surface area contributed by atoms with Gasteiger partial charge in [-0.3, -0.25) is 0 Å². The summed E-state index contributed by atoms with van der Waals surface area (Å²) >= 11 is 0. The van der Waals surface area contributed by atoms with Crippen LogP contribution in [0, 0.1) is 0 Å². The highest BCUT2D eigenvalue weighted by atomic mass is 19.4. The average Bonchev–Trinajstić information content (AvgIpc) is 3.16. The van der Waals surface area contributed by atoms with Crippen molar-refractivity contribution in [2.75, 3.05) is 10.6 Å². The number of nitrogens with zero attached hydrogens (tertiary/aromatic N) is 2. The maximum atomic E-state index is 12.9. The van der Waals surface area contributed by atoms with Gasteiger partial charge in [-0.1, -0.05) is 30.3 Å². The largest absolute Gasteiger partial charge is 0.433 e. The van der Waals surface area contributed by atoms with Crippen LogP contribution >= 0.6 is 0 Å². The van der Waals surface area contributed by atoms with Crippen LogP contribution in [0.25, 0.3) is 10.9 Å². The van der Waals surface area contributed by atoms with E-state index in [-0.39, 0.29) is 11.9 Å². The topological polar surface area (TPSA) is 49.8 Å². The Kier molecular flexibility index (Phi) is 4.73. The molecular weight excluding hydrogens is 401 g/mol. The summed E-state index contributed by atoms with van der Waals surface area (Å²) in [5.41, 5.74) is 3.21. The molecule has 7 heteroatoms. The minimum absolute atomic E-state index is 0.139. The van der Waals surface area contributed by atoms with Crippen molar-refractivity contribution in [2.24, 2.45) is 0 Å². The highest BCUT2D eigenvalue weighted by Gasteiger charge is 2.32. The Morgan fingerprint density at radius 2 is 1.71 bits per heavy atom. The van der Waals surface area contributed by atoms with Crippen molar-refractivity contribution in [3.63, 3.8) is 0 Å². The Labute approximate surface area is 177 Å². The fraction of sp³-hybridized carbons (Fsp3) is 0.167. The van der Waals surface area contributed by atoms with Gasteiger partial charge in [0.2, 0.25) is 0 Å². The summed E-state index contributed by atoms with van der Waals surface area (Å²) in [5, 5.41) is 7.34. The molecule has 0 bridgehead atoms. The summed E-state index contributed by atoms with van der Waals surface area (Å²) in [5.74, 6) is 0.940. The molecule has 0 aliphatic heterocycles. The maximum Gasteiger partial charge on any atom is 0.433 e. The van der Waals surface area contributed by atoms with Gasteiger partial charge < -0.3 is 10.6 Å². The third-order valence-corrected chi connectivity index (χ3v) is 5.46. The van der Waals surface area contributed by atoms with E-state index in [9.17, 15) is 13.2 Å². The summed E-state index contributed by atoms with van der Waals surface area (Å²) in [4.78, 5) is 8.35. The van der Waals surface area contributed by atoms with Gasteiger partial charge in [-0.05, 0) is 66.4 Å². The second-order valence-corrected chi connectivity index (χ2v) is 7.57. The van der Waals surface area contributed by atoms with Crippen LogP contribution in [0.1, 0.15) is 29.3 Å². The van der Waals surface area contributed by atoms with Gasteiger partial charge in [0.25, 0.3) is 0 Å². The van der Waals surface area contributed by atoms with E-state index < -0.39 is 11.9 Å². The third-order valence-electron chi connectivity index (χ3n) is 5.46. The lowest BCUT2D eigenvalue weighted by Gasteiger charge is -2.15. The number of alkyl halides is 3. The number of halogens is 3. The van der Waals surface area contributed by atoms with Gasteiger partial charge in [0.15, 0.2) is 0 Å². The Morgan fingerprint density at radius 1 is 0.839 bits per heavy atom. The molecule has 2 aromatic heterocycles. The summed E-state index contributed by atoms with van der Waals surface area (Å²) < 4.78 is 38.6. The van der Waals surface area contributed by atoms with Crippen LogP contribution in [-0.4, -0.2) is 9.97 Å². The SMILES string of the molecule is FC(F)(F)c1cccc(Nc2ccc3nc(N[C@@H]4CCc5ccccc54)ccc3c2)n1. The fourth-order valence-electron chi connectivity index (χ4n) is 3.98. The normalized spacial score (nSPS) is 15.6. The Balaban J connectivity index is 1.35. The molecule has 0 amide bonds. The lowest BCUT2D eigenvalue weighted by atomic mass is 10.1. The molecule has 31 heavy (non-hydrogen) atoms. The monoisotopic (exact) mass is 420 g/mol. The number of benzene rings is 2. The number of hydrogen-bond donors (Lipinski definition) is 2. The van der Waals surface area contributed by atoms with E-state index in [2.05, 4.69) is 39.9 Å². The van der Waals surface area contributed by atoms with Gasteiger partial charge in [0.05, 0.1) is 11.6 Å². The van der Waals surface area contributed by atoms with Crippen molar-refractivity contribution < 1.29 is 13.2 Å². The first kappa shape index (κ1) is 19.4. The summed E-state index contributed by atoms with van der Waals surface area (Å²) in [6.07, 6.45) is -2.39. The van der Waals surface area contributed by atoms with Crippen LogP contribution in [0.3, 0.4) is 0 Å². The van der Waals surface area contributed by atoms with Gasteiger partial charge in [0, 0.05) is 11.1 Å². The first-order valence-electron chi connectivity index (χ1n) is 10.0. The number of nitrogens with one attached hydrogen (secondary N) is 2. The molecule has 5 rings (SSSR count). The minimum Gasteiger partial charge on any atom is -0.363 e. The Hall–Kier alpha value is -3.61. The van der Waals surface area contributed by atoms with Gasteiger partial charge in [0.1, 0.15) is 17.3 Å². The molecule has 0 fully saturated rings. The first-order valence-corrected chi connectivity index (χ1v) is 10.0. The number of rotatable bonds is 4. The van der Waals surface area contributed by atoms with Crippen molar-refractivity contribution in [3.8, 4) is 0 Å². The molecule has 0 radical (unpaired) electrons. The smallest absolute Gasteiger partial charge is 0.363 e. The van der Waals surface area contributed by atoms with E-state index in [1.807, 2.05) is 24.3 Å². The Morgan fingerprint density at radius 3 is 2.58 bits per heavy atom. The van der Waals surface area contributed by atoms with Crippen LogP contribution in [-0.2, 0) is 12.6 Å². The average molecular weight is 420 g/mol. The molecule has 0 unspecified atom stereocenters. The van der Waals surface area contributed by atoms with Crippen molar-refractivity contribution in [2.45, 2.75) is 25.1 Å². The number of hydrogen-bond acceptors (Lipinski definition) is 4. The zero-order chi connectivity index (χ0) is 21.4. The summed E-state index contributed by atoms with van der Waals surface area (Å²) in [7, 11) is 0. The molecule has 2 N–H and O–H groups in total. The summed E-state index contributed by atoms with van der Waals surface area (Å²) in [6.45, 7) is 0. The van der Waals surface area contributed by atoms with E-state index in [1.165, 1.54) is 23.3 Å². The van der Waals surface area contributed by atoms with Crippen LogP contribution in [0.2, 0.25) is 0 Å². The molecule has 1 aliphatic carbocycles. The van der Waals surface area contributed by atoms with Crippen LogP contribution in [0.4, 0.5) is 30.5 Å². The third kappa shape index (κ3) is 4.03. The van der Waals surface area contributed by atoms with E-state index in [4.69, 9.17) is 4.98 Å². The van der Waals surface area contributed by atoms with Crippen molar-refractivity contribution in [1.29, 1.82) is 0 Å². The second-order valence-electron chi connectivity index (χ2n) is 7.57. The van der Waals surface area contributed by atoms with Gasteiger partial charge in [-0.2, -0.15) is 13.2 Å². The lowest BCUT2D eigenvalue weighted by molar-refractivity contribution is -0.141. The van der Waals surface area contributed by atoms with Crippen molar-refractivity contribution in [1.82, 2.24) is 9.97 Å². The number of aromatic nitrogens is 2. The number of fused-ring (bicyclic) bond motifs is 2. The van der Waals surface area contributed by atoms with Crippen LogP contribution in [0.5, 0.6) is 0 Å². The number of anilines is 3. The zero-order valence-corrected chi connectivity index (χ0v) is 16.4. The number of pyridine rings is 2. The molecule has 4 nitrogen and oxygen atoms in total. The highest BCUT2D eigenvalue weighted by Crippen LogP contribution is 2.34. The molecule has 0 spiro atoms. The van der Waals surface area contributed by atoms with E-state index in [0.29, 0.717) is 5.69 Å². The predicted molar refractivity (Wildman–Crippen MR) is 115 cm³/mol. The molecule has 0 saturated carbocycles. The maximum absolute atomic E-state index is 12.9. The Bertz CT molecular complexity index is 1250. The van der Waals surface area contributed by atoms with E-state index >= 15 is 0 Å². The fourth-order valence-corrected chi connectivity index (χ4v) is 3.98. The standard InChI is InChI=1S/C24H19F3N4/c25-24(26,27)21-6-3-7-22(31-21)28-17-10-12-19-16(14-17)9-13-23(29-19)30-20-11-8-15-4-1-2-5-18(15)20/h1-7,9-10,12-14,20H,8,11H2,(H,28,31)(H,29,30)/t20-/m1/s1. The first-order chi connectivity index (χ1) is 15.0. The van der Waals surface area contributed by atoms with Crippen molar-refractivity contribution in [3.05, 3.63) is 89.6 Å². The molecule has 156 valence electrons. The minimum atomic E-state index is -4.48. The van der Waals surface area contributed by atoms with Crippen LogP contribution in [0.15, 0.2) is 72.8 Å². The predicted octanol–water partition coefficient (Wildman–Crippen LogP) is 6.49. The lowest BCUT2D eigenvalue weighted by Crippen LogP contribution is -2.09.